The van der Waals surface area contributed by atoms with Crippen molar-refractivity contribution >= 4 is 0 Å². The van der Waals surface area contributed by atoms with Crippen molar-refractivity contribution < 1.29 is 44.5 Å². The Morgan fingerprint density at radius 2 is 1.52 bits per heavy atom. The number of rotatable bonds is 12. The van der Waals surface area contributed by atoms with Crippen LogP contribution >= 0.6 is 0 Å². The molecule has 7 N–H and O–H groups in total. The molecule has 2 fully saturated rings. The predicted molar refractivity (Wildman–Crippen MR) is 110 cm³/mol. The molecule has 184 valence electrons. The highest BCUT2D eigenvalue weighted by Gasteiger charge is 2.50. The van der Waals surface area contributed by atoms with Crippen molar-refractivity contribution in [1.29, 1.82) is 0 Å². The summed E-state index contributed by atoms with van der Waals surface area (Å²) in [5.74, 6) is 0. The van der Waals surface area contributed by atoms with Gasteiger partial charge in [-0.15, -0.1) is 0 Å². The summed E-state index contributed by atoms with van der Waals surface area (Å²) in [6.45, 7) is 6.16. The van der Waals surface area contributed by atoms with Crippen LogP contribution in [0.4, 0.5) is 0 Å². The minimum Gasteiger partial charge on any atom is -0.394 e. The van der Waals surface area contributed by atoms with Crippen molar-refractivity contribution in [3.8, 4) is 0 Å². The summed E-state index contributed by atoms with van der Waals surface area (Å²) in [5.41, 5.74) is 0. The van der Waals surface area contributed by atoms with Gasteiger partial charge in [-0.05, 0) is 39.4 Å². The van der Waals surface area contributed by atoms with Crippen LogP contribution in [0.25, 0.3) is 0 Å². The highest BCUT2D eigenvalue weighted by atomic mass is 16.7. The molecule has 2 rings (SSSR count). The normalized spacial score (nSPS) is 41.4. The van der Waals surface area contributed by atoms with Gasteiger partial charge in [0.2, 0.25) is 0 Å². The molecular formula is C20H40N2O9. The molecule has 0 bridgehead atoms. The third-order valence-electron chi connectivity index (χ3n) is 5.79. The topological polar surface area (TPSA) is 162 Å². The molecule has 11 heteroatoms. The highest BCUT2D eigenvalue weighted by molar-refractivity contribution is 4.95. The maximum absolute atomic E-state index is 10.5. The fourth-order valence-electron chi connectivity index (χ4n) is 3.95. The van der Waals surface area contributed by atoms with Gasteiger partial charge in [-0.2, -0.15) is 0 Å². The quantitative estimate of drug-likeness (QED) is 0.154. The van der Waals surface area contributed by atoms with E-state index in [1.54, 1.807) is 6.92 Å². The Morgan fingerprint density at radius 1 is 0.839 bits per heavy atom. The number of aliphatic hydroxyl groups is 5. The highest BCUT2D eigenvalue weighted by Crippen LogP contribution is 2.29. The van der Waals surface area contributed by atoms with E-state index in [9.17, 15) is 25.5 Å². The van der Waals surface area contributed by atoms with Gasteiger partial charge >= 0.3 is 0 Å². The molecule has 0 aromatic carbocycles. The fraction of sp³-hybridized carbons (Fsp3) is 1.00. The summed E-state index contributed by atoms with van der Waals surface area (Å²) in [5, 5.41) is 57.7. The Bertz CT molecular complexity index is 501. The summed E-state index contributed by atoms with van der Waals surface area (Å²) in [4.78, 5) is 0. The molecule has 31 heavy (non-hydrogen) atoms. The minimum atomic E-state index is -1.46. The molecule has 10 atom stereocenters. The van der Waals surface area contributed by atoms with E-state index in [-0.39, 0.29) is 0 Å². The van der Waals surface area contributed by atoms with Gasteiger partial charge in [0.05, 0.1) is 12.7 Å². The molecule has 0 aromatic rings. The van der Waals surface area contributed by atoms with E-state index < -0.39 is 67.8 Å². The molecule has 0 spiro atoms. The van der Waals surface area contributed by atoms with Gasteiger partial charge in [0.25, 0.3) is 0 Å². The molecule has 2 heterocycles. The predicted octanol–water partition coefficient (Wildman–Crippen LogP) is -2.69. The Kier molecular flexibility index (Phi) is 11.5. The van der Waals surface area contributed by atoms with Crippen molar-refractivity contribution in [1.82, 2.24) is 10.6 Å². The lowest BCUT2D eigenvalue weighted by Gasteiger charge is -2.46. The second kappa shape index (κ2) is 13.3. The van der Waals surface area contributed by atoms with E-state index in [2.05, 4.69) is 17.6 Å². The van der Waals surface area contributed by atoms with Crippen molar-refractivity contribution in [3.05, 3.63) is 0 Å². The second-order valence-electron chi connectivity index (χ2n) is 8.18. The monoisotopic (exact) mass is 452 g/mol. The zero-order chi connectivity index (χ0) is 23.0. The van der Waals surface area contributed by atoms with E-state index in [0.717, 1.165) is 32.5 Å². The third-order valence-corrected chi connectivity index (χ3v) is 5.79. The van der Waals surface area contributed by atoms with Gasteiger partial charge in [-0.1, -0.05) is 6.92 Å². The van der Waals surface area contributed by atoms with Crippen LogP contribution in [0.15, 0.2) is 0 Å². The Labute approximate surface area is 183 Å². The zero-order valence-electron chi connectivity index (χ0n) is 18.6. The molecule has 0 aliphatic carbocycles. The average Bonchev–Trinajstić information content (AvgIpc) is 2.76. The molecular weight excluding hydrogens is 412 g/mol. The van der Waals surface area contributed by atoms with Gasteiger partial charge in [-0.3, -0.25) is 0 Å². The largest absolute Gasteiger partial charge is 0.394 e. The number of hydrogen-bond donors (Lipinski definition) is 7. The molecule has 2 saturated heterocycles. The molecule has 11 nitrogen and oxygen atoms in total. The van der Waals surface area contributed by atoms with Crippen molar-refractivity contribution in [2.24, 2.45) is 0 Å². The number of nitrogens with one attached hydrogen (secondary N) is 2. The Morgan fingerprint density at radius 3 is 2.16 bits per heavy atom. The molecule has 2 aliphatic heterocycles. The molecule has 0 amide bonds. The summed E-state index contributed by atoms with van der Waals surface area (Å²) in [6, 6.07) is 0. The van der Waals surface area contributed by atoms with Crippen molar-refractivity contribution in [3.63, 3.8) is 0 Å². The number of ether oxygens (including phenoxy) is 4. The first-order valence-electron chi connectivity index (χ1n) is 11.1. The van der Waals surface area contributed by atoms with E-state index in [1.165, 1.54) is 7.11 Å². The van der Waals surface area contributed by atoms with Crippen molar-refractivity contribution in [2.75, 3.05) is 39.9 Å². The first-order valence-corrected chi connectivity index (χ1v) is 11.1. The summed E-state index contributed by atoms with van der Waals surface area (Å²) < 4.78 is 22.4. The number of aliphatic hydroxyl groups excluding tert-OH is 5. The molecule has 2 aliphatic rings. The van der Waals surface area contributed by atoms with Crippen LogP contribution in [-0.4, -0.2) is 127 Å². The molecule has 0 aromatic heterocycles. The lowest BCUT2D eigenvalue weighted by molar-refractivity contribution is -0.339. The van der Waals surface area contributed by atoms with Crippen molar-refractivity contribution in [2.45, 2.75) is 87.9 Å². The van der Waals surface area contributed by atoms with Crippen LogP contribution in [0.2, 0.25) is 0 Å². The maximum Gasteiger partial charge on any atom is 0.187 e. The van der Waals surface area contributed by atoms with Crippen LogP contribution in [-0.2, 0) is 18.9 Å². The van der Waals surface area contributed by atoms with E-state index >= 15 is 0 Å². The van der Waals surface area contributed by atoms with Crippen LogP contribution in [0.3, 0.4) is 0 Å². The first kappa shape index (κ1) is 26.8. The number of hydrogen-bond acceptors (Lipinski definition) is 11. The van der Waals surface area contributed by atoms with Crippen LogP contribution in [0, 0.1) is 0 Å². The lowest BCUT2D eigenvalue weighted by Crippen LogP contribution is -2.64. The minimum absolute atomic E-state index is 0.350. The van der Waals surface area contributed by atoms with E-state index in [1.807, 2.05) is 0 Å². The van der Waals surface area contributed by atoms with E-state index in [0.29, 0.717) is 6.54 Å². The van der Waals surface area contributed by atoms with E-state index in [4.69, 9.17) is 18.9 Å². The van der Waals surface area contributed by atoms with Crippen LogP contribution in [0.1, 0.15) is 26.7 Å². The maximum atomic E-state index is 10.5. The standard InChI is InChI=1S/C20H40N2O9/c1-4-6-21-7-5-8-22-9-12-18(28-3)16(26)17(27)20(30-12)31-19-13(10-23)29-11(2)14(24)15(19)25/h11-27H,4-10H2,1-3H3/t11-,12-,13-,14+,15-,16-,17-,18-,19?,20-/m1/s1. The van der Waals surface area contributed by atoms with Gasteiger partial charge in [0.15, 0.2) is 6.29 Å². The first-order chi connectivity index (χ1) is 14.8. The molecule has 0 saturated carbocycles. The second-order valence-corrected chi connectivity index (χ2v) is 8.18. The molecule has 1 unspecified atom stereocenters. The van der Waals surface area contributed by atoms with Crippen LogP contribution < -0.4 is 10.6 Å². The fourth-order valence-corrected chi connectivity index (χ4v) is 3.95. The van der Waals surface area contributed by atoms with Gasteiger partial charge in [0, 0.05) is 13.7 Å². The summed E-state index contributed by atoms with van der Waals surface area (Å²) in [6.07, 6.45) is -8.85. The third kappa shape index (κ3) is 7.02. The lowest BCUT2D eigenvalue weighted by atomic mass is 9.95. The zero-order valence-corrected chi connectivity index (χ0v) is 18.6. The molecule has 0 radical (unpaired) electrons. The smallest absolute Gasteiger partial charge is 0.187 e. The average molecular weight is 453 g/mol. The Balaban J connectivity index is 1.96. The summed E-state index contributed by atoms with van der Waals surface area (Å²) >= 11 is 0. The SMILES string of the molecule is CCCNCCCNC[C@H]1O[C@H](OC2[C@@H](CO)O[C@H](C)[C@H](O)[C@H]2O)[C@H](O)[C@@H](O)[C@@H]1OC. The van der Waals surface area contributed by atoms with Crippen LogP contribution in [0.5, 0.6) is 0 Å². The van der Waals surface area contributed by atoms with Gasteiger partial charge in [-0.25, -0.2) is 0 Å². The Hall–Kier alpha value is -0.440. The van der Waals surface area contributed by atoms with Gasteiger partial charge < -0.3 is 55.1 Å². The summed E-state index contributed by atoms with van der Waals surface area (Å²) in [7, 11) is 1.42. The number of methoxy groups -OCH3 is 1. The van der Waals surface area contributed by atoms with Gasteiger partial charge in [0.1, 0.15) is 48.8 Å².